The molecule has 1 saturated heterocycles. The Morgan fingerprint density at radius 1 is 1.33 bits per heavy atom. The van der Waals surface area contributed by atoms with E-state index in [0.717, 1.165) is 31.5 Å². The number of amides is 2. The van der Waals surface area contributed by atoms with Gasteiger partial charge in [0.15, 0.2) is 0 Å². The molecule has 0 bridgehead atoms. The van der Waals surface area contributed by atoms with Crippen LogP contribution >= 0.6 is 0 Å². The number of likely N-dealkylation sites (tertiary alicyclic amines) is 1. The van der Waals surface area contributed by atoms with Crippen LogP contribution in [0.2, 0.25) is 0 Å². The molecule has 2 aliphatic heterocycles. The quantitative estimate of drug-likeness (QED) is 0.858. The molecule has 3 rings (SSSR count). The minimum absolute atomic E-state index is 0.0271. The summed E-state index contributed by atoms with van der Waals surface area (Å²) in [4.78, 5) is 25.7. The third kappa shape index (κ3) is 3.01. The van der Waals surface area contributed by atoms with Gasteiger partial charge in [-0.05, 0) is 24.5 Å². The zero-order valence-electron chi connectivity index (χ0n) is 12.3. The van der Waals surface area contributed by atoms with Crippen LogP contribution in [0.4, 0.5) is 5.69 Å². The molecule has 0 saturated carbocycles. The number of piperidine rings is 1. The van der Waals surface area contributed by atoms with E-state index in [0.29, 0.717) is 6.54 Å². The van der Waals surface area contributed by atoms with Crippen molar-refractivity contribution in [2.75, 3.05) is 18.4 Å². The van der Waals surface area contributed by atoms with Gasteiger partial charge in [-0.2, -0.15) is 0 Å². The van der Waals surface area contributed by atoms with Crippen molar-refractivity contribution >= 4 is 17.5 Å². The van der Waals surface area contributed by atoms with Crippen molar-refractivity contribution in [2.24, 2.45) is 0 Å². The second kappa shape index (κ2) is 5.76. The molecule has 1 aromatic carbocycles. The molecule has 5 nitrogen and oxygen atoms in total. The molecular formula is C16H21N3O2. The first-order chi connectivity index (χ1) is 10.1. The fourth-order valence-electron chi connectivity index (χ4n) is 3.25. The molecule has 2 N–H and O–H groups in total. The molecule has 0 aliphatic carbocycles. The molecule has 1 aromatic rings. The van der Waals surface area contributed by atoms with Crippen molar-refractivity contribution < 1.29 is 9.59 Å². The molecular weight excluding hydrogens is 266 g/mol. The third-order valence-electron chi connectivity index (χ3n) is 4.21. The molecule has 21 heavy (non-hydrogen) atoms. The van der Waals surface area contributed by atoms with Crippen LogP contribution in [0.1, 0.15) is 25.3 Å². The molecule has 5 heteroatoms. The van der Waals surface area contributed by atoms with Gasteiger partial charge < -0.3 is 15.5 Å². The van der Waals surface area contributed by atoms with Gasteiger partial charge in [0, 0.05) is 38.2 Å². The minimum atomic E-state index is -0.168. The minimum Gasteiger partial charge on any atom is -0.373 e. The van der Waals surface area contributed by atoms with Gasteiger partial charge in [-0.3, -0.25) is 9.59 Å². The molecule has 0 unspecified atom stereocenters. The van der Waals surface area contributed by atoms with Crippen molar-refractivity contribution in [3.05, 3.63) is 29.8 Å². The Labute approximate surface area is 124 Å². The summed E-state index contributed by atoms with van der Waals surface area (Å²) in [5.74, 6) is 0.113. The number of rotatable bonds is 2. The first kappa shape index (κ1) is 13.9. The molecule has 2 heterocycles. The standard InChI is InChI=1S/C16H21N3O2/c1-11(20)17-13-6-4-8-19(10-13)16(21)15-9-12-5-2-3-7-14(12)18-15/h2-3,5,7,13,15,18H,4,6,8-10H2,1H3,(H,17,20)/t13-,15+/m1/s1. The number of anilines is 1. The monoisotopic (exact) mass is 287 g/mol. The fourth-order valence-corrected chi connectivity index (χ4v) is 3.25. The van der Waals surface area contributed by atoms with Crippen molar-refractivity contribution in [3.8, 4) is 0 Å². The zero-order chi connectivity index (χ0) is 14.8. The van der Waals surface area contributed by atoms with Crippen LogP contribution in [0.5, 0.6) is 0 Å². The number of nitrogens with zero attached hydrogens (tertiary/aromatic N) is 1. The van der Waals surface area contributed by atoms with Crippen LogP contribution in [-0.2, 0) is 16.0 Å². The SMILES string of the molecule is CC(=O)N[C@@H]1CCCN(C(=O)[C@@H]2Cc3ccccc3N2)C1. The molecule has 1 fully saturated rings. The summed E-state index contributed by atoms with van der Waals surface area (Å²) < 4.78 is 0. The fraction of sp³-hybridized carbons (Fsp3) is 0.500. The molecule has 2 amide bonds. The highest BCUT2D eigenvalue weighted by Gasteiger charge is 2.32. The summed E-state index contributed by atoms with van der Waals surface area (Å²) in [5, 5.41) is 6.23. The van der Waals surface area contributed by atoms with Gasteiger partial charge in [-0.1, -0.05) is 18.2 Å². The summed E-state index contributed by atoms with van der Waals surface area (Å²) in [5.41, 5.74) is 2.26. The lowest BCUT2D eigenvalue weighted by molar-refractivity contribution is -0.134. The number of fused-ring (bicyclic) bond motifs is 1. The number of hydrogen-bond acceptors (Lipinski definition) is 3. The van der Waals surface area contributed by atoms with E-state index in [1.807, 2.05) is 23.1 Å². The molecule has 0 spiro atoms. The van der Waals surface area contributed by atoms with Gasteiger partial charge in [0.05, 0.1) is 0 Å². The van der Waals surface area contributed by atoms with Crippen LogP contribution < -0.4 is 10.6 Å². The zero-order valence-corrected chi connectivity index (χ0v) is 12.3. The number of para-hydroxylation sites is 1. The van der Waals surface area contributed by atoms with Crippen LogP contribution in [0, 0.1) is 0 Å². The summed E-state index contributed by atoms with van der Waals surface area (Å²) in [7, 11) is 0. The maximum absolute atomic E-state index is 12.7. The Kier molecular flexibility index (Phi) is 3.82. The third-order valence-corrected chi connectivity index (χ3v) is 4.21. The van der Waals surface area contributed by atoms with Crippen molar-refractivity contribution in [2.45, 2.75) is 38.3 Å². The van der Waals surface area contributed by atoms with Crippen LogP contribution in [0.3, 0.4) is 0 Å². The number of nitrogens with one attached hydrogen (secondary N) is 2. The molecule has 0 aromatic heterocycles. The maximum atomic E-state index is 12.7. The maximum Gasteiger partial charge on any atom is 0.245 e. The van der Waals surface area contributed by atoms with Gasteiger partial charge >= 0.3 is 0 Å². The van der Waals surface area contributed by atoms with E-state index < -0.39 is 0 Å². The average molecular weight is 287 g/mol. The smallest absolute Gasteiger partial charge is 0.245 e. The predicted octanol–water partition coefficient (Wildman–Crippen LogP) is 1.15. The van der Waals surface area contributed by atoms with Gasteiger partial charge in [-0.25, -0.2) is 0 Å². The number of carbonyl (C=O) groups is 2. The van der Waals surface area contributed by atoms with Crippen LogP contribution in [0.25, 0.3) is 0 Å². The highest BCUT2D eigenvalue weighted by atomic mass is 16.2. The van der Waals surface area contributed by atoms with E-state index in [-0.39, 0.29) is 23.9 Å². The topological polar surface area (TPSA) is 61.4 Å². The second-order valence-electron chi connectivity index (χ2n) is 5.88. The lowest BCUT2D eigenvalue weighted by Gasteiger charge is -2.34. The van der Waals surface area contributed by atoms with Crippen molar-refractivity contribution in [3.63, 3.8) is 0 Å². The predicted molar refractivity (Wildman–Crippen MR) is 81.0 cm³/mol. The summed E-state index contributed by atoms with van der Waals surface area (Å²) in [6.45, 7) is 2.92. The number of hydrogen-bond donors (Lipinski definition) is 2. The molecule has 2 aliphatic rings. The second-order valence-corrected chi connectivity index (χ2v) is 5.88. The van der Waals surface area contributed by atoms with Gasteiger partial charge in [0.2, 0.25) is 11.8 Å². The van der Waals surface area contributed by atoms with E-state index in [4.69, 9.17) is 0 Å². The Bertz CT molecular complexity index is 533. The number of carbonyl (C=O) groups excluding carboxylic acids is 2. The van der Waals surface area contributed by atoms with Crippen LogP contribution in [0.15, 0.2) is 24.3 Å². The lowest BCUT2D eigenvalue weighted by Crippen LogP contribution is -2.52. The first-order valence-corrected chi connectivity index (χ1v) is 7.54. The average Bonchev–Trinajstić information content (AvgIpc) is 2.90. The van der Waals surface area contributed by atoms with E-state index in [1.165, 1.54) is 12.5 Å². The summed E-state index contributed by atoms with van der Waals surface area (Å²) >= 11 is 0. The first-order valence-electron chi connectivity index (χ1n) is 7.54. The Morgan fingerprint density at radius 3 is 2.90 bits per heavy atom. The van der Waals surface area contributed by atoms with Crippen LogP contribution in [-0.4, -0.2) is 41.9 Å². The number of benzene rings is 1. The molecule has 0 radical (unpaired) electrons. The largest absolute Gasteiger partial charge is 0.373 e. The van der Waals surface area contributed by atoms with Crippen molar-refractivity contribution in [1.82, 2.24) is 10.2 Å². The lowest BCUT2D eigenvalue weighted by atomic mass is 10.0. The van der Waals surface area contributed by atoms with E-state index in [2.05, 4.69) is 16.7 Å². The van der Waals surface area contributed by atoms with E-state index >= 15 is 0 Å². The Hall–Kier alpha value is -2.04. The summed E-state index contributed by atoms with van der Waals surface area (Å²) in [6, 6.07) is 7.97. The summed E-state index contributed by atoms with van der Waals surface area (Å²) in [6.07, 6.45) is 2.63. The Balaban J connectivity index is 1.62. The Morgan fingerprint density at radius 2 is 2.14 bits per heavy atom. The van der Waals surface area contributed by atoms with Crippen molar-refractivity contribution in [1.29, 1.82) is 0 Å². The molecule has 112 valence electrons. The van der Waals surface area contributed by atoms with Gasteiger partial charge in [0.1, 0.15) is 6.04 Å². The van der Waals surface area contributed by atoms with Gasteiger partial charge in [0.25, 0.3) is 0 Å². The normalized spacial score (nSPS) is 24.1. The van der Waals surface area contributed by atoms with E-state index in [1.54, 1.807) is 0 Å². The highest BCUT2D eigenvalue weighted by molar-refractivity contribution is 5.87. The highest BCUT2D eigenvalue weighted by Crippen LogP contribution is 2.26. The van der Waals surface area contributed by atoms with Gasteiger partial charge in [-0.15, -0.1) is 0 Å². The molecule has 2 atom stereocenters. The van der Waals surface area contributed by atoms with E-state index in [9.17, 15) is 9.59 Å².